The molecule has 5 nitrogen and oxygen atoms in total. The first-order chi connectivity index (χ1) is 15.3. The molecule has 2 N–H and O–H groups in total. The molecular formula is C26H36N2O3S. The fourth-order valence-corrected chi connectivity index (χ4v) is 5.79. The molecule has 4 rings (SSSR count). The van der Waals surface area contributed by atoms with Crippen molar-refractivity contribution in [3.63, 3.8) is 0 Å². The van der Waals surface area contributed by atoms with Gasteiger partial charge in [0.1, 0.15) is 10.5 Å². The van der Waals surface area contributed by atoms with Gasteiger partial charge in [-0.2, -0.15) is 0 Å². The highest BCUT2D eigenvalue weighted by Crippen LogP contribution is 2.52. The minimum Gasteiger partial charge on any atom is -0.598 e. The normalized spacial score (nSPS) is 20.8. The van der Waals surface area contributed by atoms with Gasteiger partial charge >= 0.3 is 0 Å². The van der Waals surface area contributed by atoms with E-state index in [0.29, 0.717) is 13.2 Å². The van der Waals surface area contributed by atoms with Crippen molar-refractivity contribution in [1.29, 1.82) is 0 Å². The van der Waals surface area contributed by atoms with Crippen molar-refractivity contribution in [1.82, 2.24) is 10.0 Å². The highest BCUT2D eigenvalue weighted by atomic mass is 32.2. The lowest BCUT2D eigenvalue weighted by molar-refractivity contribution is 0.107. The molecule has 2 aromatic rings. The Hall–Kier alpha value is -1.57. The molecule has 1 aliphatic heterocycles. The van der Waals surface area contributed by atoms with E-state index in [2.05, 4.69) is 28.2 Å². The minimum atomic E-state index is -1.11. The molecule has 32 heavy (non-hydrogen) atoms. The van der Waals surface area contributed by atoms with E-state index in [9.17, 15) is 4.55 Å². The predicted octanol–water partition coefficient (Wildman–Crippen LogP) is 4.43. The summed E-state index contributed by atoms with van der Waals surface area (Å²) in [6.45, 7) is 9.26. The fraction of sp³-hybridized carbons (Fsp3) is 0.538. The molecule has 2 aliphatic rings. The second-order valence-electron chi connectivity index (χ2n) is 10.1. The van der Waals surface area contributed by atoms with Crippen LogP contribution in [-0.4, -0.2) is 29.5 Å². The Kier molecular flexibility index (Phi) is 7.18. The average Bonchev–Trinajstić information content (AvgIpc) is 3.06. The van der Waals surface area contributed by atoms with Crippen LogP contribution in [0.15, 0.2) is 42.5 Å². The van der Waals surface area contributed by atoms with Crippen LogP contribution in [0.4, 0.5) is 0 Å². The maximum absolute atomic E-state index is 13.1. The third-order valence-electron chi connectivity index (χ3n) is 6.75. The minimum absolute atomic E-state index is 0.112. The molecule has 1 fully saturated rings. The van der Waals surface area contributed by atoms with Gasteiger partial charge in [0.2, 0.25) is 0 Å². The molecular weight excluding hydrogens is 420 g/mol. The predicted molar refractivity (Wildman–Crippen MR) is 130 cm³/mol. The molecule has 174 valence electrons. The molecule has 0 unspecified atom stereocenters. The zero-order valence-electron chi connectivity index (χ0n) is 19.7. The van der Waals surface area contributed by atoms with Gasteiger partial charge in [0.05, 0.1) is 26.4 Å². The van der Waals surface area contributed by atoms with Crippen molar-refractivity contribution in [3.05, 3.63) is 64.7 Å². The van der Waals surface area contributed by atoms with E-state index in [-0.39, 0.29) is 16.2 Å². The summed E-state index contributed by atoms with van der Waals surface area (Å²) in [5, 5.41) is 3.50. The van der Waals surface area contributed by atoms with Crippen LogP contribution in [0.2, 0.25) is 0 Å². The zero-order chi connectivity index (χ0) is 22.8. The van der Waals surface area contributed by atoms with Crippen LogP contribution in [0.3, 0.4) is 0 Å². The van der Waals surface area contributed by atoms with Crippen molar-refractivity contribution in [2.75, 3.05) is 20.2 Å². The molecule has 2 aromatic carbocycles. The van der Waals surface area contributed by atoms with Crippen molar-refractivity contribution < 1.29 is 14.0 Å². The highest BCUT2D eigenvalue weighted by molar-refractivity contribution is 7.90. The number of ether oxygens (including phenoxy) is 2. The average molecular weight is 457 g/mol. The van der Waals surface area contributed by atoms with E-state index in [1.807, 2.05) is 45.0 Å². The van der Waals surface area contributed by atoms with Gasteiger partial charge < -0.3 is 19.3 Å². The molecule has 1 spiro atoms. The molecule has 6 heteroatoms. The summed E-state index contributed by atoms with van der Waals surface area (Å²) in [6, 6.07) is 14.8. The standard InChI is InChI=1S/C26H36N2O3S/c1-25(2,3)32(29)28-24-23-15-20(18-31-17-19-6-9-22(30-4)10-7-19)5-8-21(23)16-26(24)11-13-27-14-12-26/h5-10,15,24,27-28H,11-14,16-18H2,1-4H3/t24-,32-/m1/s1. The van der Waals surface area contributed by atoms with Crippen LogP contribution in [0, 0.1) is 5.41 Å². The van der Waals surface area contributed by atoms with Gasteiger partial charge in [-0.1, -0.05) is 30.3 Å². The quantitative estimate of drug-likeness (QED) is 0.604. The van der Waals surface area contributed by atoms with E-state index >= 15 is 0 Å². The first-order valence-corrected chi connectivity index (χ1v) is 12.7. The second kappa shape index (κ2) is 9.74. The molecule has 0 amide bonds. The number of piperidine rings is 1. The van der Waals surface area contributed by atoms with Crippen molar-refractivity contribution in [2.24, 2.45) is 5.41 Å². The number of fused-ring (bicyclic) bond motifs is 1. The summed E-state index contributed by atoms with van der Waals surface area (Å²) in [7, 11) is 1.67. The Morgan fingerprint density at radius 1 is 1.06 bits per heavy atom. The molecule has 1 saturated heterocycles. The second-order valence-corrected chi connectivity index (χ2v) is 12.1. The Labute approximate surface area is 195 Å². The third-order valence-corrected chi connectivity index (χ3v) is 8.32. The first kappa shape index (κ1) is 23.6. The van der Waals surface area contributed by atoms with Gasteiger partial charge in [0, 0.05) is 16.8 Å². The topological polar surface area (TPSA) is 65.6 Å². The Bertz CT molecular complexity index is 904. The van der Waals surface area contributed by atoms with Gasteiger partial charge in [-0.25, -0.2) is 0 Å². The SMILES string of the molecule is COc1ccc(COCc2ccc3c(c2)[C@@H](N[S@+]([O-])C(C)(C)C)C2(CCNCC2)C3)cc1. The van der Waals surface area contributed by atoms with Crippen LogP contribution in [0.25, 0.3) is 0 Å². The van der Waals surface area contributed by atoms with Crippen LogP contribution in [0.1, 0.15) is 61.9 Å². The summed E-state index contributed by atoms with van der Waals surface area (Å²) in [5.41, 5.74) is 5.11. The molecule has 1 aliphatic carbocycles. The Balaban J connectivity index is 1.49. The lowest BCUT2D eigenvalue weighted by Crippen LogP contribution is -2.48. The third kappa shape index (κ3) is 5.15. The van der Waals surface area contributed by atoms with Gasteiger partial charge in [-0.05, 0) is 87.5 Å². The van der Waals surface area contributed by atoms with E-state index < -0.39 is 11.4 Å². The van der Waals surface area contributed by atoms with Crippen LogP contribution < -0.4 is 14.8 Å². The smallest absolute Gasteiger partial charge is 0.136 e. The van der Waals surface area contributed by atoms with Gasteiger partial charge in [-0.3, -0.25) is 0 Å². The van der Waals surface area contributed by atoms with E-state index in [0.717, 1.165) is 49.2 Å². The Morgan fingerprint density at radius 3 is 2.38 bits per heavy atom. The number of hydrogen-bond donors (Lipinski definition) is 2. The lowest BCUT2D eigenvalue weighted by Gasteiger charge is -2.40. The maximum atomic E-state index is 13.1. The summed E-state index contributed by atoms with van der Waals surface area (Å²) < 4.78 is 27.6. The molecule has 0 radical (unpaired) electrons. The molecule has 0 saturated carbocycles. The van der Waals surface area contributed by atoms with Crippen LogP contribution in [-0.2, 0) is 35.7 Å². The molecule has 0 bridgehead atoms. The van der Waals surface area contributed by atoms with Crippen LogP contribution >= 0.6 is 0 Å². The lowest BCUT2D eigenvalue weighted by atomic mass is 9.73. The van der Waals surface area contributed by atoms with E-state index in [1.54, 1.807) is 7.11 Å². The highest BCUT2D eigenvalue weighted by Gasteiger charge is 2.49. The van der Waals surface area contributed by atoms with Crippen molar-refractivity contribution in [2.45, 2.75) is 64.0 Å². The van der Waals surface area contributed by atoms with E-state index in [1.165, 1.54) is 11.1 Å². The molecule has 2 atom stereocenters. The summed E-state index contributed by atoms with van der Waals surface area (Å²) in [5.74, 6) is 0.852. The maximum Gasteiger partial charge on any atom is 0.136 e. The first-order valence-electron chi connectivity index (χ1n) is 11.5. The monoisotopic (exact) mass is 456 g/mol. The number of rotatable bonds is 7. The largest absolute Gasteiger partial charge is 0.598 e. The molecule has 1 heterocycles. The van der Waals surface area contributed by atoms with Crippen molar-refractivity contribution in [3.8, 4) is 5.75 Å². The fourth-order valence-electron chi connectivity index (χ4n) is 4.85. The van der Waals surface area contributed by atoms with E-state index in [4.69, 9.17) is 9.47 Å². The summed E-state index contributed by atoms with van der Waals surface area (Å²) >= 11 is -1.11. The van der Waals surface area contributed by atoms with Crippen LogP contribution in [0.5, 0.6) is 5.75 Å². The molecule has 0 aromatic heterocycles. The van der Waals surface area contributed by atoms with Gasteiger partial charge in [0.15, 0.2) is 0 Å². The van der Waals surface area contributed by atoms with Crippen molar-refractivity contribution >= 4 is 11.4 Å². The van der Waals surface area contributed by atoms with Gasteiger partial charge in [-0.15, -0.1) is 4.72 Å². The summed E-state index contributed by atoms with van der Waals surface area (Å²) in [6.07, 6.45) is 3.25. The number of methoxy groups -OCH3 is 1. The number of hydrogen-bond acceptors (Lipinski definition) is 5. The summed E-state index contributed by atoms with van der Waals surface area (Å²) in [4.78, 5) is 0. The van der Waals surface area contributed by atoms with Gasteiger partial charge in [0.25, 0.3) is 0 Å². The zero-order valence-corrected chi connectivity index (χ0v) is 20.5. The number of benzene rings is 2. The number of nitrogens with one attached hydrogen (secondary N) is 2. The Morgan fingerprint density at radius 2 is 1.72 bits per heavy atom.